The molecule has 2 aromatic rings. The Morgan fingerprint density at radius 2 is 2.30 bits per heavy atom. The number of carboxylic acids is 1. The van der Waals surface area contributed by atoms with Gasteiger partial charge in [-0.05, 0) is 38.8 Å². The molecule has 0 amide bonds. The number of nitrogens with zero attached hydrogens (tertiary/aromatic N) is 2. The largest absolute Gasteiger partial charge is 0.478 e. The number of aromatic nitrogens is 2. The quantitative estimate of drug-likeness (QED) is 0.914. The van der Waals surface area contributed by atoms with Gasteiger partial charge in [0, 0.05) is 6.61 Å². The highest BCUT2D eigenvalue weighted by molar-refractivity contribution is 6.01. The highest BCUT2D eigenvalue weighted by atomic mass is 16.5. The lowest BCUT2D eigenvalue weighted by Crippen LogP contribution is -2.39. The first-order valence-electron chi connectivity index (χ1n) is 6.82. The van der Waals surface area contributed by atoms with Gasteiger partial charge in [0.05, 0.1) is 28.7 Å². The summed E-state index contributed by atoms with van der Waals surface area (Å²) in [5.41, 5.74) is 1.50. The topological polar surface area (TPSA) is 64.3 Å². The standard InChI is InChI=1S/C15H18N2O3/c1-10-16-12-6-3-5-11(14(18)19)13(12)17(10)15(2)7-4-8-20-9-15/h3,5-6H,4,7-9H2,1-2H3,(H,18,19). The lowest BCUT2D eigenvalue weighted by Gasteiger charge is -2.36. The van der Waals surface area contributed by atoms with Crippen LogP contribution in [-0.4, -0.2) is 33.8 Å². The normalized spacial score (nSPS) is 23.1. The molecule has 0 radical (unpaired) electrons. The van der Waals surface area contributed by atoms with Crippen LogP contribution in [0.3, 0.4) is 0 Å². The van der Waals surface area contributed by atoms with Crippen molar-refractivity contribution in [1.29, 1.82) is 0 Å². The van der Waals surface area contributed by atoms with E-state index in [1.54, 1.807) is 12.1 Å². The van der Waals surface area contributed by atoms with Crippen LogP contribution in [0.2, 0.25) is 0 Å². The molecule has 1 N–H and O–H groups in total. The van der Waals surface area contributed by atoms with E-state index in [0.29, 0.717) is 17.7 Å². The number of aromatic carboxylic acids is 1. The molecule has 3 rings (SSSR count). The lowest BCUT2D eigenvalue weighted by molar-refractivity contribution is 0.0104. The number of para-hydroxylation sites is 1. The second kappa shape index (κ2) is 4.59. The molecule has 1 saturated heterocycles. The van der Waals surface area contributed by atoms with Gasteiger partial charge in [-0.15, -0.1) is 0 Å². The molecule has 0 bridgehead atoms. The van der Waals surface area contributed by atoms with Crippen molar-refractivity contribution in [3.63, 3.8) is 0 Å². The molecule has 5 nitrogen and oxygen atoms in total. The van der Waals surface area contributed by atoms with E-state index in [2.05, 4.69) is 11.9 Å². The van der Waals surface area contributed by atoms with Crippen molar-refractivity contribution in [2.24, 2.45) is 0 Å². The van der Waals surface area contributed by atoms with Crippen LogP contribution in [-0.2, 0) is 10.3 Å². The van der Waals surface area contributed by atoms with Crippen molar-refractivity contribution >= 4 is 17.0 Å². The number of benzene rings is 1. The van der Waals surface area contributed by atoms with E-state index in [9.17, 15) is 9.90 Å². The van der Waals surface area contributed by atoms with Gasteiger partial charge in [0.25, 0.3) is 0 Å². The second-order valence-electron chi connectivity index (χ2n) is 5.63. The van der Waals surface area contributed by atoms with E-state index in [0.717, 1.165) is 30.8 Å². The predicted molar refractivity (Wildman–Crippen MR) is 75.1 cm³/mol. The maximum Gasteiger partial charge on any atom is 0.337 e. The molecule has 106 valence electrons. The summed E-state index contributed by atoms with van der Waals surface area (Å²) in [6.45, 7) is 5.39. The van der Waals surface area contributed by atoms with Crippen molar-refractivity contribution in [2.45, 2.75) is 32.2 Å². The molecule has 2 heterocycles. The lowest BCUT2D eigenvalue weighted by atomic mass is 9.93. The molecule has 0 spiro atoms. The molecule has 20 heavy (non-hydrogen) atoms. The molecule has 1 fully saturated rings. The van der Waals surface area contributed by atoms with Gasteiger partial charge in [0.1, 0.15) is 5.82 Å². The first-order chi connectivity index (χ1) is 9.53. The van der Waals surface area contributed by atoms with Crippen molar-refractivity contribution in [3.05, 3.63) is 29.6 Å². The van der Waals surface area contributed by atoms with Gasteiger partial charge in [-0.1, -0.05) is 6.07 Å². The van der Waals surface area contributed by atoms with Crippen LogP contribution in [0.4, 0.5) is 0 Å². The number of hydrogen-bond donors (Lipinski definition) is 1. The fourth-order valence-electron chi connectivity index (χ4n) is 3.17. The minimum atomic E-state index is -0.919. The summed E-state index contributed by atoms with van der Waals surface area (Å²) in [5, 5.41) is 9.43. The van der Waals surface area contributed by atoms with Crippen molar-refractivity contribution in [3.8, 4) is 0 Å². The van der Waals surface area contributed by atoms with E-state index in [1.165, 1.54) is 0 Å². The zero-order valence-electron chi connectivity index (χ0n) is 11.7. The van der Waals surface area contributed by atoms with Gasteiger partial charge >= 0.3 is 5.97 Å². The fraction of sp³-hybridized carbons (Fsp3) is 0.467. The molecule has 1 aromatic carbocycles. The van der Waals surface area contributed by atoms with E-state index in [4.69, 9.17) is 4.74 Å². The molecule has 1 unspecified atom stereocenters. The Hall–Kier alpha value is -1.88. The summed E-state index contributed by atoms with van der Waals surface area (Å²) >= 11 is 0. The van der Waals surface area contributed by atoms with E-state index < -0.39 is 5.97 Å². The van der Waals surface area contributed by atoms with E-state index >= 15 is 0 Å². The van der Waals surface area contributed by atoms with Crippen LogP contribution in [0.25, 0.3) is 11.0 Å². The Kier molecular flexibility index (Phi) is 3.01. The fourth-order valence-corrected chi connectivity index (χ4v) is 3.17. The van der Waals surface area contributed by atoms with E-state index in [1.807, 2.05) is 17.6 Å². The third kappa shape index (κ3) is 1.89. The monoisotopic (exact) mass is 274 g/mol. The number of aryl methyl sites for hydroxylation is 1. The number of carbonyl (C=O) groups is 1. The molecular formula is C15H18N2O3. The van der Waals surface area contributed by atoms with Crippen LogP contribution in [0.1, 0.15) is 35.9 Å². The number of hydrogen-bond acceptors (Lipinski definition) is 3. The Labute approximate surface area is 117 Å². The Morgan fingerprint density at radius 1 is 1.50 bits per heavy atom. The van der Waals surface area contributed by atoms with Gasteiger partial charge in [-0.25, -0.2) is 9.78 Å². The van der Waals surface area contributed by atoms with Gasteiger partial charge < -0.3 is 14.4 Å². The number of rotatable bonds is 2. The van der Waals surface area contributed by atoms with Gasteiger partial charge in [0.2, 0.25) is 0 Å². The zero-order valence-corrected chi connectivity index (χ0v) is 11.7. The average Bonchev–Trinajstić information content (AvgIpc) is 2.75. The molecule has 0 saturated carbocycles. The molecular weight excluding hydrogens is 256 g/mol. The number of imidazole rings is 1. The van der Waals surface area contributed by atoms with Crippen molar-refractivity contribution in [2.75, 3.05) is 13.2 Å². The third-order valence-electron chi connectivity index (χ3n) is 4.03. The molecule has 1 aliphatic heterocycles. The van der Waals surface area contributed by atoms with Crippen molar-refractivity contribution < 1.29 is 14.6 Å². The van der Waals surface area contributed by atoms with Crippen LogP contribution >= 0.6 is 0 Å². The summed E-state index contributed by atoms with van der Waals surface area (Å²) in [6, 6.07) is 5.23. The van der Waals surface area contributed by atoms with Gasteiger partial charge in [0.15, 0.2) is 0 Å². The Balaban J connectivity index is 2.29. The van der Waals surface area contributed by atoms with Crippen LogP contribution in [0.5, 0.6) is 0 Å². The summed E-state index contributed by atoms with van der Waals surface area (Å²) in [7, 11) is 0. The zero-order chi connectivity index (χ0) is 14.3. The van der Waals surface area contributed by atoms with Gasteiger partial charge in [-0.2, -0.15) is 0 Å². The molecule has 1 aliphatic rings. The predicted octanol–water partition coefficient (Wildman–Crippen LogP) is 2.57. The maximum absolute atomic E-state index is 11.5. The van der Waals surface area contributed by atoms with Gasteiger partial charge in [-0.3, -0.25) is 0 Å². The second-order valence-corrected chi connectivity index (χ2v) is 5.63. The molecule has 1 aromatic heterocycles. The first kappa shape index (κ1) is 13.1. The third-order valence-corrected chi connectivity index (χ3v) is 4.03. The summed E-state index contributed by atoms with van der Waals surface area (Å²) < 4.78 is 7.66. The maximum atomic E-state index is 11.5. The van der Waals surface area contributed by atoms with Crippen LogP contribution in [0, 0.1) is 6.92 Å². The smallest absolute Gasteiger partial charge is 0.337 e. The minimum absolute atomic E-state index is 0.233. The van der Waals surface area contributed by atoms with Crippen LogP contribution < -0.4 is 0 Å². The van der Waals surface area contributed by atoms with E-state index in [-0.39, 0.29) is 5.54 Å². The SMILES string of the molecule is Cc1nc2cccc(C(=O)O)c2n1C1(C)CCCOC1. The summed E-state index contributed by atoms with van der Waals surface area (Å²) in [5.74, 6) is -0.0845. The highest BCUT2D eigenvalue weighted by Gasteiger charge is 2.33. The minimum Gasteiger partial charge on any atom is -0.478 e. The average molecular weight is 274 g/mol. The Bertz CT molecular complexity index is 669. The first-order valence-corrected chi connectivity index (χ1v) is 6.82. The molecule has 1 atom stereocenters. The van der Waals surface area contributed by atoms with Crippen molar-refractivity contribution in [1.82, 2.24) is 9.55 Å². The highest BCUT2D eigenvalue weighted by Crippen LogP contribution is 2.33. The van der Waals surface area contributed by atoms with Crippen LogP contribution in [0.15, 0.2) is 18.2 Å². The molecule has 5 heteroatoms. The number of fused-ring (bicyclic) bond motifs is 1. The Morgan fingerprint density at radius 3 is 2.95 bits per heavy atom. The summed E-state index contributed by atoms with van der Waals surface area (Å²) in [6.07, 6.45) is 1.94. The number of ether oxygens (including phenoxy) is 1. The summed E-state index contributed by atoms with van der Waals surface area (Å²) in [4.78, 5) is 16.0. The molecule has 0 aliphatic carbocycles. The number of carboxylic acid groups (broad SMARTS) is 1.